The number of likely N-dealkylation sites (N-methyl/N-ethyl adjacent to an activating group) is 1. The maximum Gasteiger partial charge on any atom is 0.260 e. The minimum absolute atomic E-state index is 0.0902. The van der Waals surface area contributed by atoms with Gasteiger partial charge in [0.05, 0.1) is 19.8 Å². The Hall–Kier alpha value is -3.13. The fourth-order valence-electron chi connectivity index (χ4n) is 3.12. The second-order valence-electron chi connectivity index (χ2n) is 6.85. The number of halogens is 1. The Bertz CT molecular complexity index is 854. The molecule has 2 aromatic rings. The fourth-order valence-corrected chi connectivity index (χ4v) is 3.12. The maximum absolute atomic E-state index is 13.2. The van der Waals surface area contributed by atoms with Gasteiger partial charge in [-0.05, 0) is 43.3 Å². The molecular formula is C22H26FN3O4. The molecule has 8 heteroatoms. The van der Waals surface area contributed by atoms with Gasteiger partial charge < -0.3 is 24.6 Å². The van der Waals surface area contributed by atoms with Gasteiger partial charge in [-0.2, -0.15) is 0 Å². The molecule has 2 amide bonds. The van der Waals surface area contributed by atoms with Gasteiger partial charge in [0.15, 0.2) is 6.61 Å². The summed E-state index contributed by atoms with van der Waals surface area (Å²) in [7, 11) is 0. The van der Waals surface area contributed by atoms with Gasteiger partial charge in [-0.3, -0.25) is 9.59 Å². The van der Waals surface area contributed by atoms with Crippen molar-refractivity contribution in [1.29, 1.82) is 0 Å². The van der Waals surface area contributed by atoms with Crippen LogP contribution in [0.4, 0.5) is 15.8 Å². The third kappa shape index (κ3) is 6.18. The molecule has 1 saturated heterocycles. The summed E-state index contributed by atoms with van der Waals surface area (Å²) in [4.78, 5) is 28.3. The average molecular weight is 415 g/mol. The molecule has 2 aromatic carbocycles. The third-order valence-corrected chi connectivity index (χ3v) is 4.75. The molecule has 0 aliphatic carbocycles. The summed E-state index contributed by atoms with van der Waals surface area (Å²) < 4.78 is 23.9. The highest BCUT2D eigenvalue weighted by Gasteiger charge is 2.17. The first-order chi connectivity index (χ1) is 14.5. The van der Waals surface area contributed by atoms with E-state index in [1.807, 2.05) is 24.3 Å². The zero-order chi connectivity index (χ0) is 21.3. The molecule has 3 rings (SSSR count). The van der Waals surface area contributed by atoms with Crippen LogP contribution in [0.3, 0.4) is 0 Å². The van der Waals surface area contributed by atoms with Gasteiger partial charge in [0.1, 0.15) is 11.6 Å². The lowest BCUT2D eigenvalue weighted by molar-refractivity contribution is -0.136. The third-order valence-electron chi connectivity index (χ3n) is 4.75. The summed E-state index contributed by atoms with van der Waals surface area (Å²) in [5, 5.41) is 2.81. The molecule has 0 spiro atoms. The summed E-state index contributed by atoms with van der Waals surface area (Å²) in [6.45, 7) is 4.89. The Morgan fingerprint density at radius 2 is 1.90 bits per heavy atom. The summed E-state index contributed by atoms with van der Waals surface area (Å²) in [6.07, 6.45) is 0. The Balaban J connectivity index is 1.48. The van der Waals surface area contributed by atoms with Crippen LogP contribution in [0.25, 0.3) is 0 Å². The molecule has 0 aromatic heterocycles. The molecule has 1 aliphatic heterocycles. The molecule has 0 atom stereocenters. The molecule has 0 bridgehead atoms. The normalized spacial score (nSPS) is 13.6. The molecule has 30 heavy (non-hydrogen) atoms. The summed E-state index contributed by atoms with van der Waals surface area (Å²) >= 11 is 0. The molecule has 1 heterocycles. The van der Waals surface area contributed by atoms with Crippen LogP contribution in [0.5, 0.6) is 5.75 Å². The van der Waals surface area contributed by atoms with Crippen molar-refractivity contribution in [2.45, 2.75) is 6.92 Å². The monoisotopic (exact) mass is 415 g/mol. The molecule has 1 N–H and O–H groups in total. The van der Waals surface area contributed by atoms with Crippen LogP contribution < -0.4 is 15.0 Å². The topological polar surface area (TPSA) is 71.1 Å². The van der Waals surface area contributed by atoms with Crippen LogP contribution >= 0.6 is 0 Å². The zero-order valence-corrected chi connectivity index (χ0v) is 17.0. The zero-order valence-electron chi connectivity index (χ0n) is 17.0. The number of carbonyl (C=O) groups is 2. The van der Waals surface area contributed by atoms with Gasteiger partial charge >= 0.3 is 0 Å². The van der Waals surface area contributed by atoms with Gasteiger partial charge in [-0.25, -0.2) is 4.39 Å². The quantitative estimate of drug-likeness (QED) is 0.718. The van der Waals surface area contributed by atoms with Crippen LogP contribution in [0.15, 0.2) is 48.5 Å². The first kappa shape index (κ1) is 21.6. The predicted molar refractivity (Wildman–Crippen MR) is 112 cm³/mol. The van der Waals surface area contributed by atoms with E-state index >= 15 is 0 Å². The summed E-state index contributed by atoms with van der Waals surface area (Å²) in [5.74, 6) is -0.815. The fraction of sp³-hybridized carbons (Fsp3) is 0.364. The Labute approximate surface area is 175 Å². The maximum atomic E-state index is 13.2. The lowest BCUT2D eigenvalue weighted by atomic mass is 10.2. The SMILES string of the molecule is CCN(CC(=O)Nc1ccc(N2CCOCC2)cc1)C(=O)COc1cccc(F)c1. The number of nitrogens with one attached hydrogen (secondary N) is 1. The van der Waals surface area contributed by atoms with Gasteiger partial charge in [0.25, 0.3) is 5.91 Å². The van der Waals surface area contributed by atoms with Gasteiger partial charge in [-0.1, -0.05) is 6.07 Å². The van der Waals surface area contributed by atoms with Crippen LogP contribution in [-0.4, -0.2) is 62.7 Å². The molecule has 1 fully saturated rings. The van der Waals surface area contributed by atoms with E-state index in [0.29, 0.717) is 25.4 Å². The van der Waals surface area contributed by atoms with Crippen molar-refractivity contribution in [2.24, 2.45) is 0 Å². The van der Waals surface area contributed by atoms with Crippen molar-refractivity contribution in [3.63, 3.8) is 0 Å². The number of ether oxygens (including phenoxy) is 2. The Kier molecular flexibility index (Phi) is 7.62. The first-order valence-electron chi connectivity index (χ1n) is 9.94. The van der Waals surface area contributed by atoms with Gasteiger partial charge in [-0.15, -0.1) is 0 Å². The number of anilines is 2. The van der Waals surface area contributed by atoms with E-state index in [-0.39, 0.29) is 30.7 Å². The summed E-state index contributed by atoms with van der Waals surface area (Å²) in [6, 6.07) is 13.2. The summed E-state index contributed by atoms with van der Waals surface area (Å²) in [5.41, 5.74) is 1.74. The standard InChI is InChI=1S/C22H26FN3O4/c1-2-25(22(28)16-30-20-5-3-4-17(23)14-20)15-21(27)24-18-6-8-19(9-7-18)26-10-12-29-13-11-26/h3-9,14H,2,10-13,15-16H2,1H3,(H,24,27). The Morgan fingerprint density at radius 1 is 1.17 bits per heavy atom. The van der Waals surface area contributed by atoms with Crippen molar-refractivity contribution >= 4 is 23.2 Å². The molecule has 160 valence electrons. The van der Waals surface area contributed by atoms with Crippen LogP contribution in [0, 0.1) is 5.82 Å². The lowest BCUT2D eigenvalue weighted by Gasteiger charge is -2.29. The Morgan fingerprint density at radius 3 is 2.57 bits per heavy atom. The van der Waals surface area contributed by atoms with Crippen molar-refractivity contribution < 1.29 is 23.5 Å². The average Bonchev–Trinajstić information content (AvgIpc) is 2.77. The van der Waals surface area contributed by atoms with Gasteiger partial charge in [0.2, 0.25) is 5.91 Å². The number of hydrogen-bond donors (Lipinski definition) is 1. The van der Waals surface area contributed by atoms with E-state index in [0.717, 1.165) is 18.8 Å². The minimum Gasteiger partial charge on any atom is -0.484 e. The lowest BCUT2D eigenvalue weighted by Crippen LogP contribution is -2.40. The highest BCUT2D eigenvalue weighted by molar-refractivity contribution is 5.94. The number of carbonyl (C=O) groups excluding carboxylic acids is 2. The second kappa shape index (κ2) is 10.6. The van der Waals surface area contributed by atoms with Crippen molar-refractivity contribution in [1.82, 2.24) is 4.90 Å². The number of amides is 2. The van der Waals surface area contributed by atoms with E-state index in [1.165, 1.54) is 23.1 Å². The van der Waals surface area contributed by atoms with E-state index in [1.54, 1.807) is 13.0 Å². The highest BCUT2D eigenvalue weighted by Crippen LogP contribution is 2.19. The molecule has 0 saturated carbocycles. The van der Waals surface area contributed by atoms with Crippen molar-refractivity contribution in [3.05, 3.63) is 54.3 Å². The van der Waals surface area contributed by atoms with Crippen LogP contribution in [-0.2, 0) is 14.3 Å². The largest absolute Gasteiger partial charge is 0.484 e. The molecular weight excluding hydrogens is 389 g/mol. The first-order valence-corrected chi connectivity index (χ1v) is 9.94. The van der Waals surface area contributed by atoms with Gasteiger partial charge in [0, 0.05) is 37.1 Å². The number of nitrogens with zero attached hydrogens (tertiary/aromatic N) is 2. The molecule has 7 nitrogen and oxygen atoms in total. The number of hydrogen-bond acceptors (Lipinski definition) is 5. The van der Waals surface area contributed by atoms with E-state index in [9.17, 15) is 14.0 Å². The van der Waals surface area contributed by atoms with Crippen molar-refractivity contribution in [3.8, 4) is 5.75 Å². The van der Waals surface area contributed by atoms with Crippen LogP contribution in [0.1, 0.15) is 6.92 Å². The van der Waals surface area contributed by atoms with E-state index in [4.69, 9.17) is 9.47 Å². The second-order valence-corrected chi connectivity index (χ2v) is 6.85. The molecule has 1 aliphatic rings. The van der Waals surface area contributed by atoms with Crippen LogP contribution in [0.2, 0.25) is 0 Å². The molecule has 0 radical (unpaired) electrons. The van der Waals surface area contributed by atoms with E-state index in [2.05, 4.69) is 10.2 Å². The smallest absolute Gasteiger partial charge is 0.260 e. The highest BCUT2D eigenvalue weighted by atomic mass is 19.1. The predicted octanol–water partition coefficient (Wildman–Crippen LogP) is 2.53. The number of morpholine rings is 1. The van der Waals surface area contributed by atoms with Crippen molar-refractivity contribution in [2.75, 3.05) is 56.2 Å². The minimum atomic E-state index is -0.439. The number of benzene rings is 2. The molecule has 0 unspecified atom stereocenters. The van der Waals surface area contributed by atoms with E-state index < -0.39 is 5.82 Å². The number of rotatable bonds is 8.